The Morgan fingerprint density at radius 2 is 1.89 bits per heavy atom. The van der Waals surface area contributed by atoms with Gasteiger partial charge in [0.25, 0.3) is 0 Å². The summed E-state index contributed by atoms with van der Waals surface area (Å²) in [6, 6.07) is 11.1. The van der Waals surface area contributed by atoms with Crippen LogP contribution in [0.4, 0.5) is 0 Å². The van der Waals surface area contributed by atoms with Crippen molar-refractivity contribution >= 4 is 5.97 Å². The number of carboxylic acids is 1. The van der Waals surface area contributed by atoms with Crippen LogP contribution in [0.5, 0.6) is 5.75 Å². The average molecular weight is 259 g/mol. The van der Waals surface area contributed by atoms with Crippen LogP contribution < -0.4 is 4.74 Å². The van der Waals surface area contributed by atoms with Gasteiger partial charge in [0.2, 0.25) is 0 Å². The molecule has 0 atom stereocenters. The minimum Gasteiger partial charge on any atom is -0.496 e. The normalized spacial score (nSPS) is 10.7. The maximum absolute atomic E-state index is 11.3. The van der Waals surface area contributed by atoms with E-state index in [-0.39, 0.29) is 11.7 Å². The molecule has 1 heterocycles. The first-order chi connectivity index (χ1) is 9.06. The molecule has 2 aromatic rings. The summed E-state index contributed by atoms with van der Waals surface area (Å²) in [6.07, 6.45) is 0. The number of carboxylic acid groups (broad SMARTS) is 1. The maximum atomic E-state index is 11.3. The molecule has 0 saturated heterocycles. The van der Waals surface area contributed by atoms with Gasteiger partial charge < -0.3 is 14.4 Å². The third-order valence-corrected chi connectivity index (χ3v) is 3.04. The second-order valence-electron chi connectivity index (χ2n) is 4.57. The molecule has 0 aliphatic carbocycles. The van der Waals surface area contributed by atoms with Crippen molar-refractivity contribution in [1.82, 2.24) is 4.57 Å². The Kier molecular flexibility index (Phi) is 3.60. The van der Waals surface area contributed by atoms with Gasteiger partial charge in [-0.25, -0.2) is 4.79 Å². The minimum absolute atomic E-state index is 0.0565. The van der Waals surface area contributed by atoms with Crippen LogP contribution in [0.25, 0.3) is 11.3 Å². The molecule has 0 aliphatic heterocycles. The number of nitrogens with zero attached hydrogens (tertiary/aromatic N) is 1. The molecule has 0 bridgehead atoms. The van der Waals surface area contributed by atoms with E-state index in [1.54, 1.807) is 17.7 Å². The highest BCUT2D eigenvalue weighted by atomic mass is 16.5. The second-order valence-corrected chi connectivity index (χ2v) is 4.57. The third kappa shape index (κ3) is 2.34. The van der Waals surface area contributed by atoms with Crippen molar-refractivity contribution in [2.24, 2.45) is 0 Å². The molecule has 0 radical (unpaired) electrons. The lowest BCUT2D eigenvalue weighted by atomic mass is 10.1. The number of para-hydroxylation sites is 1. The Bertz CT molecular complexity index is 599. The molecule has 1 N–H and O–H groups in total. The Hall–Kier alpha value is -2.23. The molecule has 100 valence electrons. The van der Waals surface area contributed by atoms with E-state index in [0.29, 0.717) is 0 Å². The van der Waals surface area contributed by atoms with E-state index in [1.165, 1.54) is 0 Å². The van der Waals surface area contributed by atoms with Crippen LogP contribution in [0, 0.1) is 0 Å². The summed E-state index contributed by atoms with van der Waals surface area (Å²) in [6.45, 7) is 3.93. The average Bonchev–Trinajstić information content (AvgIpc) is 2.83. The Balaban J connectivity index is 2.66. The Morgan fingerprint density at radius 3 is 2.47 bits per heavy atom. The molecule has 2 rings (SSSR count). The van der Waals surface area contributed by atoms with E-state index >= 15 is 0 Å². The molecular weight excluding hydrogens is 242 g/mol. The predicted octanol–water partition coefficient (Wildman–Crippen LogP) is 3.44. The fourth-order valence-corrected chi connectivity index (χ4v) is 2.25. The van der Waals surface area contributed by atoms with E-state index in [1.807, 2.05) is 44.2 Å². The van der Waals surface area contributed by atoms with Gasteiger partial charge in [-0.05, 0) is 38.1 Å². The summed E-state index contributed by atoms with van der Waals surface area (Å²) in [4.78, 5) is 11.3. The summed E-state index contributed by atoms with van der Waals surface area (Å²) in [5, 5.41) is 9.25. The lowest BCUT2D eigenvalue weighted by Crippen LogP contribution is -2.11. The monoisotopic (exact) mass is 259 g/mol. The standard InChI is InChI=1S/C15H17NO3/c1-10(2)16-12(8-9-13(16)15(17)18)11-6-4-5-7-14(11)19-3/h4-10H,1-3H3,(H,17,18). The quantitative estimate of drug-likeness (QED) is 0.915. The van der Waals surface area contributed by atoms with Crippen LogP contribution in [-0.4, -0.2) is 22.8 Å². The minimum atomic E-state index is -0.921. The first-order valence-corrected chi connectivity index (χ1v) is 6.14. The van der Waals surface area contributed by atoms with Gasteiger partial charge in [0, 0.05) is 11.6 Å². The van der Waals surface area contributed by atoms with Crippen LogP contribution in [0.1, 0.15) is 30.4 Å². The first kappa shape index (κ1) is 13.2. The van der Waals surface area contributed by atoms with Crippen molar-refractivity contribution in [2.75, 3.05) is 7.11 Å². The number of methoxy groups -OCH3 is 1. The summed E-state index contributed by atoms with van der Waals surface area (Å²) in [5.41, 5.74) is 2.03. The van der Waals surface area contributed by atoms with Gasteiger partial charge in [-0.3, -0.25) is 0 Å². The number of hydrogen-bond acceptors (Lipinski definition) is 2. The molecule has 0 aliphatic rings. The molecule has 1 aromatic heterocycles. The molecule has 4 heteroatoms. The van der Waals surface area contributed by atoms with E-state index < -0.39 is 5.97 Å². The number of aromatic nitrogens is 1. The number of aromatic carboxylic acids is 1. The van der Waals surface area contributed by atoms with Crippen molar-refractivity contribution in [3.05, 3.63) is 42.1 Å². The van der Waals surface area contributed by atoms with Crippen LogP contribution in [-0.2, 0) is 0 Å². The smallest absolute Gasteiger partial charge is 0.352 e. The molecular formula is C15H17NO3. The highest BCUT2D eigenvalue weighted by molar-refractivity contribution is 5.88. The SMILES string of the molecule is COc1ccccc1-c1ccc(C(=O)O)n1C(C)C. The lowest BCUT2D eigenvalue weighted by Gasteiger charge is -2.17. The zero-order chi connectivity index (χ0) is 14.0. The van der Waals surface area contributed by atoms with Gasteiger partial charge in [-0.15, -0.1) is 0 Å². The molecule has 0 saturated carbocycles. The van der Waals surface area contributed by atoms with Gasteiger partial charge in [0.15, 0.2) is 0 Å². The molecule has 0 unspecified atom stereocenters. The van der Waals surface area contributed by atoms with Crippen LogP contribution >= 0.6 is 0 Å². The number of rotatable bonds is 4. The van der Waals surface area contributed by atoms with E-state index in [4.69, 9.17) is 4.74 Å². The third-order valence-electron chi connectivity index (χ3n) is 3.04. The zero-order valence-electron chi connectivity index (χ0n) is 11.3. The summed E-state index contributed by atoms with van der Waals surface area (Å²) in [5.74, 6) is -0.186. The van der Waals surface area contributed by atoms with E-state index in [9.17, 15) is 9.90 Å². The molecule has 4 nitrogen and oxygen atoms in total. The number of ether oxygens (including phenoxy) is 1. The fourth-order valence-electron chi connectivity index (χ4n) is 2.25. The largest absolute Gasteiger partial charge is 0.496 e. The topological polar surface area (TPSA) is 51.5 Å². The second kappa shape index (κ2) is 5.18. The van der Waals surface area contributed by atoms with Crippen LogP contribution in [0.3, 0.4) is 0 Å². The van der Waals surface area contributed by atoms with Gasteiger partial charge in [0.05, 0.1) is 12.8 Å². The van der Waals surface area contributed by atoms with Gasteiger partial charge in [-0.2, -0.15) is 0 Å². The van der Waals surface area contributed by atoms with Gasteiger partial charge in [-0.1, -0.05) is 12.1 Å². The molecule has 0 amide bonds. The molecule has 0 fully saturated rings. The first-order valence-electron chi connectivity index (χ1n) is 6.14. The van der Waals surface area contributed by atoms with Crippen LogP contribution in [0.2, 0.25) is 0 Å². The zero-order valence-corrected chi connectivity index (χ0v) is 11.3. The van der Waals surface area contributed by atoms with Crippen molar-refractivity contribution in [1.29, 1.82) is 0 Å². The molecule has 0 spiro atoms. The number of carbonyl (C=O) groups is 1. The van der Waals surface area contributed by atoms with Crippen LogP contribution in [0.15, 0.2) is 36.4 Å². The van der Waals surface area contributed by atoms with Gasteiger partial charge >= 0.3 is 5.97 Å². The van der Waals surface area contributed by atoms with Crippen molar-refractivity contribution in [3.63, 3.8) is 0 Å². The maximum Gasteiger partial charge on any atom is 0.352 e. The van der Waals surface area contributed by atoms with E-state index in [2.05, 4.69) is 0 Å². The summed E-state index contributed by atoms with van der Waals surface area (Å²) >= 11 is 0. The van der Waals surface area contributed by atoms with Gasteiger partial charge in [0.1, 0.15) is 11.4 Å². The highest BCUT2D eigenvalue weighted by Crippen LogP contribution is 2.33. The van der Waals surface area contributed by atoms with Crippen molar-refractivity contribution < 1.29 is 14.6 Å². The van der Waals surface area contributed by atoms with Crippen molar-refractivity contribution in [3.8, 4) is 17.0 Å². The Labute approximate surface area is 112 Å². The predicted molar refractivity (Wildman–Crippen MR) is 73.8 cm³/mol. The molecule has 1 aromatic carbocycles. The highest BCUT2D eigenvalue weighted by Gasteiger charge is 2.18. The summed E-state index contributed by atoms with van der Waals surface area (Å²) in [7, 11) is 1.61. The van der Waals surface area contributed by atoms with E-state index in [0.717, 1.165) is 17.0 Å². The summed E-state index contributed by atoms with van der Waals surface area (Å²) < 4.78 is 7.15. The van der Waals surface area contributed by atoms with Crippen molar-refractivity contribution in [2.45, 2.75) is 19.9 Å². The number of benzene rings is 1. The lowest BCUT2D eigenvalue weighted by molar-refractivity contribution is 0.0683. The molecule has 19 heavy (non-hydrogen) atoms. The number of hydrogen-bond donors (Lipinski definition) is 1. The Morgan fingerprint density at radius 1 is 1.21 bits per heavy atom. The fraction of sp³-hybridized carbons (Fsp3) is 0.267.